The van der Waals surface area contributed by atoms with Crippen LogP contribution in [0.2, 0.25) is 0 Å². The molecule has 0 radical (unpaired) electrons. The van der Waals surface area contributed by atoms with Crippen molar-refractivity contribution in [2.24, 2.45) is 0 Å². The van der Waals surface area contributed by atoms with Crippen molar-refractivity contribution in [2.75, 3.05) is 0 Å². The Hall–Kier alpha value is -0.635. The molecule has 0 fully saturated rings. The number of carbonyl (C=O) groups excluding carboxylic acids is 1. The van der Waals surface area contributed by atoms with Crippen molar-refractivity contribution in [1.29, 1.82) is 5.41 Å². The van der Waals surface area contributed by atoms with Crippen molar-refractivity contribution in [3.05, 3.63) is 0 Å². The Morgan fingerprint density at radius 1 is 1.67 bits per heavy atom. The Morgan fingerprint density at radius 2 is 1.67 bits per heavy atom. The van der Waals surface area contributed by atoms with Crippen molar-refractivity contribution >= 4 is 13.8 Å². The normalized spacial score (nSPS) is 3.67. The highest BCUT2D eigenvalue weighted by Crippen LogP contribution is 1.08. The molecule has 0 aromatic heterocycles. The monoisotopic (exact) mass is 89.0 g/mol. The van der Waals surface area contributed by atoms with Crippen molar-refractivity contribution in [3.8, 4) is 0 Å². The molecule has 3 N–H and O–H groups in total. The van der Waals surface area contributed by atoms with E-state index in [9.17, 15) is 0 Å². The van der Waals surface area contributed by atoms with Crippen LogP contribution in [-0.4, -0.2) is 23.8 Å². The van der Waals surface area contributed by atoms with E-state index >= 15 is 0 Å². The van der Waals surface area contributed by atoms with Gasteiger partial charge < -0.3 is 10.0 Å². The standard InChI is InChI=1S/CHNO.BH3O2/c2*2-1-3/h2H;1-3H. The highest BCUT2D eigenvalue weighted by atomic mass is 16.4. The second-order valence-corrected chi connectivity index (χ2v) is 0.243. The first-order valence-electron chi connectivity index (χ1n) is 1.09. The smallest absolute Gasteiger partial charge is 0.430 e. The van der Waals surface area contributed by atoms with Gasteiger partial charge in [0.15, 0.2) is 0 Å². The molecule has 0 saturated heterocycles. The molecule has 4 nitrogen and oxygen atoms in total. The van der Waals surface area contributed by atoms with Gasteiger partial charge in [0.1, 0.15) is 0 Å². The molecule has 0 saturated carbocycles. The number of hydrogen-bond acceptors (Lipinski definition) is 4. The van der Waals surface area contributed by atoms with Crippen LogP contribution >= 0.6 is 0 Å². The summed E-state index contributed by atoms with van der Waals surface area (Å²) in [6.07, 6.45) is 0.750. The largest absolute Gasteiger partial charge is 0.432 e. The van der Waals surface area contributed by atoms with Crippen LogP contribution in [0, 0.1) is 5.41 Å². The first-order chi connectivity index (χ1) is 2.83. The molecule has 0 amide bonds. The van der Waals surface area contributed by atoms with Gasteiger partial charge in [-0.3, -0.25) is 0 Å². The summed E-state index contributed by atoms with van der Waals surface area (Å²) in [5.41, 5.74) is 0. The maximum atomic E-state index is 8.35. The molecule has 0 spiro atoms. The summed E-state index contributed by atoms with van der Waals surface area (Å²) in [4.78, 5) is 8.35. The average Bonchev–Trinajstić information content (AvgIpc) is 1.39. The summed E-state index contributed by atoms with van der Waals surface area (Å²) in [7, 11) is -0.750. The molecule has 34 valence electrons. The van der Waals surface area contributed by atoms with Gasteiger partial charge in [-0.1, -0.05) is 0 Å². The fourth-order valence-electron chi connectivity index (χ4n) is 0. The van der Waals surface area contributed by atoms with Crippen LogP contribution in [0.25, 0.3) is 0 Å². The fourth-order valence-corrected chi connectivity index (χ4v) is 0. The molecule has 5 heteroatoms. The second kappa shape index (κ2) is 26.5. The van der Waals surface area contributed by atoms with E-state index in [1.165, 1.54) is 0 Å². The Labute approximate surface area is 35.2 Å². The molecule has 0 rings (SSSR count). The predicted molar refractivity (Wildman–Crippen MR) is 20.0 cm³/mol. The summed E-state index contributed by atoms with van der Waals surface area (Å²) in [5.74, 6) is 0. The van der Waals surface area contributed by atoms with Crippen LogP contribution in [-0.2, 0) is 4.79 Å². The molecule has 0 heterocycles. The first kappa shape index (κ1) is 9.03. The van der Waals surface area contributed by atoms with Gasteiger partial charge in [-0.2, -0.15) is 0 Å². The van der Waals surface area contributed by atoms with E-state index in [0.717, 1.165) is 6.08 Å². The lowest BCUT2D eigenvalue weighted by Crippen LogP contribution is -1.75. The van der Waals surface area contributed by atoms with E-state index in [2.05, 4.69) is 0 Å². The Morgan fingerprint density at radius 3 is 1.67 bits per heavy atom. The molecule has 6 heavy (non-hydrogen) atoms. The predicted octanol–water partition coefficient (Wildman–Crippen LogP) is -1.86. The van der Waals surface area contributed by atoms with Gasteiger partial charge in [-0.25, -0.2) is 10.2 Å². The fraction of sp³-hybridized carbons (Fsp3) is 0. The molecule has 0 aliphatic heterocycles. The molecule has 0 aromatic rings. The van der Waals surface area contributed by atoms with Crippen LogP contribution in [0.1, 0.15) is 0 Å². The molecule has 0 bridgehead atoms. The lowest BCUT2D eigenvalue weighted by Gasteiger charge is -1.48. The van der Waals surface area contributed by atoms with Crippen molar-refractivity contribution < 1.29 is 14.8 Å². The quantitative estimate of drug-likeness (QED) is 0.185. The Balaban J connectivity index is 0. The SMILES string of the molecule is N=C=O.OBO. The number of isocyanates is 1. The summed E-state index contributed by atoms with van der Waals surface area (Å²) < 4.78 is 0. The van der Waals surface area contributed by atoms with E-state index < -0.39 is 7.69 Å². The summed E-state index contributed by atoms with van der Waals surface area (Å²) in [6.45, 7) is 0. The summed E-state index contributed by atoms with van der Waals surface area (Å²) >= 11 is 0. The average molecular weight is 88.9 g/mol. The maximum Gasteiger partial charge on any atom is 0.432 e. The second-order valence-electron chi connectivity index (χ2n) is 0.243. The third-order valence-electron chi connectivity index (χ3n) is 0. The molecule has 0 aliphatic rings. The van der Waals surface area contributed by atoms with Crippen molar-refractivity contribution in [3.63, 3.8) is 0 Å². The Bertz CT molecular complexity index is 40.1. The zero-order valence-corrected chi connectivity index (χ0v) is 3.01. The number of nitrogens with one attached hydrogen (secondary N) is 1. The van der Waals surface area contributed by atoms with Gasteiger partial charge >= 0.3 is 7.69 Å². The van der Waals surface area contributed by atoms with Gasteiger partial charge in [0.2, 0.25) is 6.08 Å². The van der Waals surface area contributed by atoms with Crippen LogP contribution in [0.3, 0.4) is 0 Å². The molecule has 0 aliphatic carbocycles. The summed E-state index contributed by atoms with van der Waals surface area (Å²) in [5, 5.41) is 19.7. The third kappa shape index (κ3) is 46.7. The molecule has 0 aromatic carbocycles. The van der Waals surface area contributed by atoms with E-state index in [1.807, 2.05) is 0 Å². The number of rotatable bonds is 0. The van der Waals surface area contributed by atoms with Crippen molar-refractivity contribution in [2.45, 2.75) is 0 Å². The third-order valence-corrected chi connectivity index (χ3v) is 0. The highest BCUT2D eigenvalue weighted by Gasteiger charge is 1.48. The molecular formula is CH4BNO3. The van der Waals surface area contributed by atoms with Gasteiger partial charge in [0.25, 0.3) is 0 Å². The van der Waals surface area contributed by atoms with Gasteiger partial charge in [-0.05, 0) is 0 Å². The van der Waals surface area contributed by atoms with Gasteiger partial charge in [0, 0.05) is 0 Å². The highest BCUT2D eigenvalue weighted by molar-refractivity contribution is 6.13. The Kier molecular flexibility index (Phi) is 39.9. The minimum atomic E-state index is -0.750. The van der Waals surface area contributed by atoms with Crippen LogP contribution in [0.15, 0.2) is 0 Å². The topological polar surface area (TPSA) is 81.4 Å². The molecule has 0 atom stereocenters. The van der Waals surface area contributed by atoms with Gasteiger partial charge in [-0.15, -0.1) is 0 Å². The van der Waals surface area contributed by atoms with E-state index in [4.69, 9.17) is 20.3 Å². The molecule has 0 unspecified atom stereocenters. The van der Waals surface area contributed by atoms with E-state index in [1.54, 1.807) is 0 Å². The maximum absolute atomic E-state index is 8.35. The zero-order chi connectivity index (χ0) is 5.41. The van der Waals surface area contributed by atoms with E-state index in [0.29, 0.717) is 0 Å². The molecular weight excluding hydrogens is 84.8 g/mol. The number of hydrogen-bond donors (Lipinski definition) is 3. The lowest BCUT2D eigenvalue weighted by molar-refractivity contribution is 0.448. The van der Waals surface area contributed by atoms with Gasteiger partial charge in [0.05, 0.1) is 0 Å². The van der Waals surface area contributed by atoms with Crippen molar-refractivity contribution in [1.82, 2.24) is 0 Å². The van der Waals surface area contributed by atoms with Crippen LogP contribution < -0.4 is 0 Å². The van der Waals surface area contributed by atoms with Crippen LogP contribution in [0.4, 0.5) is 0 Å². The minimum absolute atomic E-state index is 0.750. The first-order valence-corrected chi connectivity index (χ1v) is 1.09. The zero-order valence-electron chi connectivity index (χ0n) is 3.01. The van der Waals surface area contributed by atoms with E-state index in [-0.39, 0.29) is 0 Å². The summed E-state index contributed by atoms with van der Waals surface area (Å²) in [6, 6.07) is 0. The van der Waals surface area contributed by atoms with Crippen LogP contribution in [0.5, 0.6) is 0 Å². The minimum Gasteiger partial charge on any atom is -0.430 e. The lowest BCUT2D eigenvalue weighted by atomic mass is 10.5.